The lowest BCUT2D eigenvalue weighted by atomic mass is 10.1. The Morgan fingerprint density at radius 2 is 1.89 bits per heavy atom. The van der Waals surface area contributed by atoms with Gasteiger partial charge in [0.05, 0.1) is 6.42 Å². The Balaban J connectivity index is 2.50. The molecular weight excluding hydrogens is 256 g/mol. The summed E-state index contributed by atoms with van der Waals surface area (Å²) in [4.78, 5) is 21.9. The van der Waals surface area contributed by atoms with Gasteiger partial charge in [0.15, 0.2) is 0 Å². The summed E-state index contributed by atoms with van der Waals surface area (Å²) in [6, 6.07) is 3.39. The highest BCUT2D eigenvalue weighted by atomic mass is 19.1. The van der Waals surface area contributed by atoms with Gasteiger partial charge < -0.3 is 10.4 Å². The minimum Gasteiger partial charge on any atom is -0.481 e. The Bertz CT molecular complexity index is 457. The second-order valence-corrected chi connectivity index (χ2v) is 4.38. The van der Waals surface area contributed by atoms with Gasteiger partial charge in [-0.3, -0.25) is 9.59 Å². The highest BCUT2D eigenvalue weighted by Gasteiger charge is 2.14. The van der Waals surface area contributed by atoms with Crippen molar-refractivity contribution in [3.63, 3.8) is 0 Å². The number of hydrogen-bond donors (Lipinski definition) is 2. The molecule has 1 unspecified atom stereocenters. The summed E-state index contributed by atoms with van der Waals surface area (Å²) in [7, 11) is 0. The lowest BCUT2D eigenvalue weighted by molar-refractivity contribution is -0.138. The van der Waals surface area contributed by atoms with E-state index in [-0.39, 0.29) is 24.4 Å². The third kappa shape index (κ3) is 5.03. The van der Waals surface area contributed by atoms with Crippen LogP contribution in [0.5, 0.6) is 0 Å². The standard InChI is InChI=1S/C13H15F2NO3/c1-8(5-13(18)19)7-16-12(17)6-9-10(14)3-2-4-11(9)15/h2-4,8H,5-7H2,1H3,(H,16,17)(H,18,19). The van der Waals surface area contributed by atoms with Crippen LogP contribution in [0.4, 0.5) is 8.78 Å². The van der Waals surface area contributed by atoms with E-state index in [2.05, 4.69) is 5.32 Å². The highest BCUT2D eigenvalue weighted by Crippen LogP contribution is 2.12. The Morgan fingerprint density at radius 3 is 2.42 bits per heavy atom. The molecule has 0 radical (unpaired) electrons. The molecule has 0 aliphatic carbocycles. The second-order valence-electron chi connectivity index (χ2n) is 4.38. The van der Waals surface area contributed by atoms with Gasteiger partial charge in [-0.1, -0.05) is 13.0 Å². The lowest BCUT2D eigenvalue weighted by Gasteiger charge is -2.11. The quantitative estimate of drug-likeness (QED) is 0.828. The molecule has 2 N–H and O–H groups in total. The van der Waals surface area contributed by atoms with E-state index in [1.54, 1.807) is 6.92 Å². The van der Waals surface area contributed by atoms with Crippen LogP contribution in [0.25, 0.3) is 0 Å². The second kappa shape index (κ2) is 6.82. The van der Waals surface area contributed by atoms with Gasteiger partial charge in [0.1, 0.15) is 11.6 Å². The first-order chi connectivity index (χ1) is 8.90. The van der Waals surface area contributed by atoms with Crippen LogP contribution in [0, 0.1) is 17.6 Å². The number of aliphatic carboxylic acids is 1. The lowest BCUT2D eigenvalue weighted by Crippen LogP contribution is -2.30. The van der Waals surface area contributed by atoms with Crippen molar-refractivity contribution < 1.29 is 23.5 Å². The Hall–Kier alpha value is -1.98. The van der Waals surface area contributed by atoms with E-state index in [0.717, 1.165) is 12.1 Å². The molecule has 0 heterocycles. The van der Waals surface area contributed by atoms with Crippen LogP contribution in [0.1, 0.15) is 18.9 Å². The number of carbonyl (C=O) groups excluding carboxylic acids is 1. The zero-order chi connectivity index (χ0) is 14.4. The van der Waals surface area contributed by atoms with Gasteiger partial charge in [0, 0.05) is 18.5 Å². The molecule has 4 nitrogen and oxygen atoms in total. The van der Waals surface area contributed by atoms with Crippen LogP contribution in [0.3, 0.4) is 0 Å². The fourth-order valence-electron chi connectivity index (χ4n) is 1.58. The largest absolute Gasteiger partial charge is 0.481 e. The van der Waals surface area contributed by atoms with Crippen molar-refractivity contribution in [3.05, 3.63) is 35.4 Å². The number of carboxylic acid groups (broad SMARTS) is 1. The number of carbonyl (C=O) groups is 2. The van der Waals surface area contributed by atoms with Gasteiger partial charge in [-0.2, -0.15) is 0 Å². The summed E-state index contributed by atoms with van der Waals surface area (Å²) in [5, 5.41) is 11.0. The molecule has 0 saturated carbocycles. The molecule has 1 aromatic rings. The van der Waals surface area contributed by atoms with Crippen molar-refractivity contribution in [2.45, 2.75) is 19.8 Å². The maximum absolute atomic E-state index is 13.3. The first kappa shape index (κ1) is 15.1. The van der Waals surface area contributed by atoms with Gasteiger partial charge >= 0.3 is 5.97 Å². The first-order valence-electron chi connectivity index (χ1n) is 5.81. The number of benzene rings is 1. The topological polar surface area (TPSA) is 66.4 Å². The van der Waals surface area contributed by atoms with E-state index < -0.39 is 29.9 Å². The van der Waals surface area contributed by atoms with Crippen LogP contribution in [-0.2, 0) is 16.0 Å². The van der Waals surface area contributed by atoms with Crippen molar-refractivity contribution in [2.24, 2.45) is 5.92 Å². The van der Waals surface area contributed by atoms with Gasteiger partial charge in [0.2, 0.25) is 5.91 Å². The average molecular weight is 271 g/mol. The summed E-state index contributed by atoms with van der Waals surface area (Å²) in [5.41, 5.74) is -0.286. The summed E-state index contributed by atoms with van der Waals surface area (Å²) in [5.74, 6) is -3.28. The number of hydrogen-bond acceptors (Lipinski definition) is 2. The molecule has 0 aliphatic rings. The molecule has 1 atom stereocenters. The molecular formula is C13H15F2NO3. The molecule has 1 rings (SSSR count). The first-order valence-corrected chi connectivity index (χ1v) is 5.81. The molecule has 0 aromatic heterocycles. The predicted molar refractivity (Wildman–Crippen MR) is 64.5 cm³/mol. The fourth-order valence-corrected chi connectivity index (χ4v) is 1.58. The Labute approximate surface area is 109 Å². The molecule has 6 heteroatoms. The molecule has 0 aliphatic heterocycles. The van der Waals surface area contributed by atoms with Crippen LogP contribution in [0.2, 0.25) is 0 Å². The van der Waals surface area contributed by atoms with Crippen molar-refractivity contribution in [1.29, 1.82) is 0 Å². The van der Waals surface area contributed by atoms with Crippen LogP contribution < -0.4 is 5.32 Å². The predicted octanol–water partition coefficient (Wildman–Crippen LogP) is 1.73. The number of nitrogens with one attached hydrogen (secondary N) is 1. The van der Waals surface area contributed by atoms with E-state index in [1.807, 2.05) is 0 Å². The Kier molecular flexibility index (Phi) is 5.41. The number of halogens is 2. The minimum atomic E-state index is -0.957. The normalized spacial score (nSPS) is 11.9. The maximum Gasteiger partial charge on any atom is 0.303 e. The fraction of sp³-hybridized carbons (Fsp3) is 0.385. The number of amides is 1. The van der Waals surface area contributed by atoms with E-state index in [4.69, 9.17) is 5.11 Å². The van der Waals surface area contributed by atoms with Crippen molar-refractivity contribution in [2.75, 3.05) is 6.54 Å². The van der Waals surface area contributed by atoms with E-state index >= 15 is 0 Å². The summed E-state index contributed by atoms with van der Waals surface area (Å²) in [6.45, 7) is 1.82. The third-order valence-electron chi connectivity index (χ3n) is 2.57. The molecule has 1 aromatic carbocycles. The SMILES string of the molecule is CC(CNC(=O)Cc1c(F)cccc1F)CC(=O)O. The molecule has 0 fully saturated rings. The third-order valence-corrected chi connectivity index (χ3v) is 2.57. The zero-order valence-electron chi connectivity index (χ0n) is 10.5. The zero-order valence-corrected chi connectivity index (χ0v) is 10.5. The van der Waals surface area contributed by atoms with Gasteiger partial charge in [-0.15, -0.1) is 0 Å². The van der Waals surface area contributed by atoms with E-state index in [9.17, 15) is 18.4 Å². The van der Waals surface area contributed by atoms with Crippen LogP contribution in [0.15, 0.2) is 18.2 Å². The summed E-state index contributed by atoms with van der Waals surface area (Å²) >= 11 is 0. The smallest absolute Gasteiger partial charge is 0.303 e. The molecule has 104 valence electrons. The molecule has 1 amide bonds. The monoisotopic (exact) mass is 271 g/mol. The molecule has 0 bridgehead atoms. The van der Waals surface area contributed by atoms with Gasteiger partial charge in [-0.05, 0) is 18.1 Å². The molecule has 0 saturated heterocycles. The van der Waals surface area contributed by atoms with E-state index in [0.29, 0.717) is 0 Å². The van der Waals surface area contributed by atoms with Gasteiger partial charge in [-0.25, -0.2) is 8.78 Å². The Morgan fingerprint density at radius 1 is 1.32 bits per heavy atom. The van der Waals surface area contributed by atoms with E-state index in [1.165, 1.54) is 6.07 Å². The highest BCUT2D eigenvalue weighted by molar-refractivity contribution is 5.78. The van der Waals surface area contributed by atoms with Crippen molar-refractivity contribution >= 4 is 11.9 Å². The molecule has 19 heavy (non-hydrogen) atoms. The minimum absolute atomic E-state index is 0.0751. The molecule has 0 spiro atoms. The van der Waals surface area contributed by atoms with Crippen molar-refractivity contribution in [1.82, 2.24) is 5.32 Å². The number of carboxylic acids is 1. The van der Waals surface area contributed by atoms with Crippen LogP contribution >= 0.6 is 0 Å². The summed E-state index contributed by atoms with van der Waals surface area (Å²) < 4.78 is 26.6. The number of rotatable bonds is 6. The van der Waals surface area contributed by atoms with Gasteiger partial charge in [0.25, 0.3) is 0 Å². The summed E-state index contributed by atoms with van der Waals surface area (Å²) in [6.07, 6.45) is -0.480. The maximum atomic E-state index is 13.3. The van der Waals surface area contributed by atoms with Crippen molar-refractivity contribution in [3.8, 4) is 0 Å². The average Bonchev–Trinajstić information content (AvgIpc) is 2.30. The van der Waals surface area contributed by atoms with Crippen LogP contribution in [-0.4, -0.2) is 23.5 Å².